The molecule has 18 heavy (non-hydrogen) atoms. The van der Waals surface area contributed by atoms with Crippen molar-refractivity contribution in [1.29, 1.82) is 0 Å². The van der Waals surface area contributed by atoms with E-state index in [1.54, 1.807) is 0 Å². The first kappa shape index (κ1) is 13.3. The lowest BCUT2D eigenvalue weighted by Crippen LogP contribution is -2.51. The zero-order valence-electron chi connectivity index (χ0n) is 11.3. The van der Waals surface area contributed by atoms with E-state index < -0.39 is 0 Å². The van der Waals surface area contributed by atoms with Crippen molar-refractivity contribution >= 4 is 5.69 Å². The molecule has 0 aliphatic heterocycles. The molecule has 0 amide bonds. The Morgan fingerprint density at radius 1 is 1.33 bits per heavy atom. The number of anilines is 1. The van der Waals surface area contributed by atoms with Crippen molar-refractivity contribution < 1.29 is 4.39 Å². The second kappa shape index (κ2) is 5.27. The van der Waals surface area contributed by atoms with Gasteiger partial charge in [-0.3, -0.25) is 0 Å². The topological polar surface area (TPSA) is 29.3 Å². The summed E-state index contributed by atoms with van der Waals surface area (Å²) in [5, 5.41) is 0. The second-order valence-electron chi connectivity index (χ2n) is 5.74. The molecule has 100 valence electrons. The Morgan fingerprint density at radius 3 is 2.39 bits per heavy atom. The zero-order chi connectivity index (χ0) is 13.2. The number of halogens is 1. The van der Waals surface area contributed by atoms with Gasteiger partial charge in [-0.2, -0.15) is 0 Å². The fourth-order valence-electron chi connectivity index (χ4n) is 2.65. The number of rotatable bonds is 5. The quantitative estimate of drug-likeness (QED) is 0.869. The highest BCUT2D eigenvalue weighted by molar-refractivity contribution is 5.48. The molecule has 0 spiro atoms. The number of nitrogens with two attached hydrogens (primary N) is 1. The Kier molecular flexibility index (Phi) is 3.91. The molecule has 1 aliphatic rings. The molecule has 2 rings (SSSR count). The molecule has 1 aromatic rings. The molecule has 1 aliphatic carbocycles. The van der Waals surface area contributed by atoms with Crippen LogP contribution in [0.3, 0.4) is 0 Å². The minimum absolute atomic E-state index is 0.0388. The summed E-state index contributed by atoms with van der Waals surface area (Å²) in [6.45, 7) is 2.83. The van der Waals surface area contributed by atoms with Crippen LogP contribution in [-0.2, 0) is 0 Å². The molecule has 2 nitrogen and oxygen atoms in total. The first-order valence-electron chi connectivity index (χ1n) is 6.74. The monoisotopic (exact) mass is 250 g/mol. The van der Waals surface area contributed by atoms with E-state index in [0.717, 1.165) is 18.0 Å². The van der Waals surface area contributed by atoms with E-state index in [4.69, 9.17) is 5.73 Å². The molecule has 1 atom stereocenters. The smallest absolute Gasteiger partial charge is 0.123 e. The van der Waals surface area contributed by atoms with Gasteiger partial charge in [0, 0.05) is 24.8 Å². The summed E-state index contributed by atoms with van der Waals surface area (Å²) >= 11 is 0. The van der Waals surface area contributed by atoms with Crippen molar-refractivity contribution in [1.82, 2.24) is 0 Å². The van der Waals surface area contributed by atoms with E-state index in [9.17, 15) is 4.39 Å². The lowest BCUT2D eigenvalue weighted by Gasteiger charge is -2.44. The predicted octanol–water partition coefficient (Wildman–Crippen LogP) is 3.17. The lowest BCUT2D eigenvalue weighted by atomic mass is 9.76. The Morgan fingerprint density at radius 2 is 1.94 bits per heavy atom. The highest BCUT2D eigenvalue weighted by atomic mass is 19.1. The van der Waals surface area contributed by atoms with Gasteiger partial charge < -0.3 is 10.6 Å². The van der Waals surface area contributed by atoms with Crippen LogP contribution in [0.1, 0.15) is 32.6 Å². The third-order valence-corrected chi connectivity index (χ3v) is 4.42. The second-order valence-corrected chi connectivity index (χ2v) is 5.74. The first-order chi connectivity index (χ1) is 8.55. The molecular weight excluding hydrogens is 227 g/mol. The summed E-state index contributed by atoms with van der Waals surface area (Å²) < 4.78 is 13.0. The Bertz CT molecular complexity index is 386. The largest absolute Gasteiger partial charge is 0.368 e. The molecule has 1 saturated carbocycles. The molecule has 0 aromatic heterocycles. The summed E-state index contributed by atoms with van der Waals surface area (Å²) in [4.78, 5) is 2.20. The van der Waals surface area contributed by atoms with Gasteiger partial charge in [0.1, 0.15) is 5.82 Å². The van der Waals surface area contributed by atoms with E-state index >= 15 is 0 Å². The number of hydrogen-bond donors (Lipinski definition) is 1. The number of likely N-dealkylation sites (N-methyl/N-ethyl adjacent to an activating group) is 1. The van der Waals surface area contributed by atoms with E-state index in [0.29, 0.717) is 6.54 Å². The summed E-state index contributed by atoms with van der Waals surface area (Å²) in [5.74, 6) is 0.613. The molecule has 1 unspecified atom stereocenters. The van der Waals surface area contributed by atoms with Gasteiger partial charge in [0.2, 0.25) is 0 Å². The van der Waals surface area contributed by atoms with Gasteiger partial charge in [0.25, 0.3) is 0 Å². The van der Waals surface area contributed by atoms with Crippen LogP contribution < -0.4 is 10.6 Å². The van der Waals surface area contributed by atoms with Gasteiger partial charge in [-0.1, -0.05) is 19.3 Å². The highest BCUT2D eigenvalue weighted by Crippen LogP contribution is 2.36. The number of benzene rings is 1. The average molecular weight is 250 g/mol. The van der Waals surface area contributed by atoms with Gasteiger partial charge in [-0.15, -0.1) is 0 Å². The third-order valence-electron chi connectivity index (χ3n) is 4.42. The molecule has 3 heteroatoms. The van der Waals surface area contributed by atoms with Crippen LogP contribution in [0.4, 0.5) is 10.1 Å². The highest BCUT2D eigenvalue weighted by Gasteiger charge is 2.33. The zero-order valence-corrected chi connectivity index (χ0v) is 11.3. The van der Waals surface area contributed by atoms with Gasteiger partial charge in [0.15, 0.2) is 0 Å². The Balaban J connectivity index is 2.12. The van der Waals surface area contributed by atoms with Crippen molar-refractivity contribution in [2.45, 2.75) is 38.1 Å². The summed E-state index contributed by atoms with van der Waals surface area (Å²) in [6, 6.07) is 6.66. The van der Waals surface area contributed by atoms with Crippen molar-refractivity contribution in [3.05, 3.63) is 30.1 Å². The minimum Gasteiger partial charge on any atom is -0.368 e. The molecule has 0 radical (unpaired) electrons. The fourth-order valence-corrected chi connectivity index (χ4v) is 2.65. The van der Waals surface area contributed by atoms with Gasteiger partial charge in [-0.05, 0) is 43.5 Å². The molecule has 1 fully saturated rings. The van der Waals surface area contributed by atoms with Crippen molar-refractivity contribution in [3.8, 4) is 0 Å². The van der Waals surface area contributed by atoms with Crippen molar-refractivity contribution in [3.63, 3.8) is 0 Å². The summed E-state index contributed by atoms with van der Waals surface area (Å²) in [5.41, 5.74) is 6.98. The van der Waals surface area contributed by atoms with Crippen molar-refractivity contribution in [2.24, 2.45) is 11.7 Å². The van der Waals surface area contributed by atoms with Crippen LogP contribution >= 0.6 is 0 Å². The predicted molar refractivity (Wildman–Crippen MR) is 74.2 cm³/mol. The molecule has 0 bridgehead atoms. The molecule has 2 N–H and O–H groups in total. The standard InChI is InChI=1S/C15H23FN2/c1-15(11-17,10-12-4-3-5-12)18(2)14-8-6-13(16)7-9-14/h6-9,12H,3-5,10-11,17H2,1-2H3. The molecule has 0 saturated heterocycles. The van der Waals surface area contributed by atoms with Crippen molar-refractivity contribution in [2.75, 3.05) is 18.5 Å². The van der Waals surface area contributed by atoms with Crippen LogP contribution in [0, 0.1) is 11.7 Å². The van der Waals surface area contributed by atoms with Crippen LogP contribution in [0.15, 0.2) is 24.3 Å². The van der Waals surface area contributed by atoms with E-state index in [1.807, 2.05) is 12.1 Å². The minimum atomic E-state index is -0.194. The lowest BCUT2D eigenvalue weighted by molar-refractivity contribution is 0.233. The van der Waals surface area contributed by atoms with Gasteiger partial charge >= 0.3 is 0 Å². The number of nitrogens with zero attached hydrogens (tertiary/aromatic N) is 1. The molecular formula is C15H23FN2. The van der Waals surface area contributed by atoms with E-state index in [-0.39, 0.29) is 11.4 Å². The van der Waals surface area contributed by atoms with Crippen LogP contribution in [0.2, 0.25) is 0 Å². The summed E-state index contributed by atoms with van der Waals surface area (Å²) in [6.07, 6.45) is 5.13. The Labute approximate surface area is 109 Å². The number of hydrogen-bond acceptors (Lipinski definition) is 2. The maximum atomic E-state index is 13.0. The van der Waals surface area contributed by atoms with Crippen LogP contribution in [0.5, 0.6) is 0 Å². The maximum Gasteiger partial charge on any atom is 0.123 e. The Hall–Kier alpha value is -1.09. The van der Waals surface area contributed by atoms with Crippen LogP contribution in [0.25, 0.3) is 0 Å². The molecule has 0 heterocycles. The van der Waals surface area contributed by atoms with Gasteiger partial charge in [0.05, 0.1) is 0 Å². The normalized spacial score (nSPS) is 19.1. The van der Waals surface area contributed by atoms with E-state index in [2.05, 4.69) is 18.9 Å². The molecule has 1 aromatic carbocycles. The first-order valence-corrected chi connectivity index (χ1v) is 6.74. The third kappa shape index (κ3) is 2.66. The van der Waals surface area contributed by atoms with Crippen LogP contribution in [-0.4, -0.2) is 19.1 Å². The maximum absolute atomic E-state index is 13.0. The summed E-state index contributed by atoms with van der Waals surface area (Å²) in [7, 11) is 2.05. The average Bonchev–Trinajstić information content (AvgIpc) is 2.34. The fraction of sp³-hybridized carbons (Fsp3) is 0.600. The SMILES string of the molecule is CN(c1ccc(F)cc1)C(C)(CN)CC1CCC1. The van der Waals surface area contributed by atoms with E-state index in [1.165, 1.54) is 31.4 Å². The van der Waals surface area contributed by atoms with Gasteiger partial charge in [-0.25, -0.2) is 4.39 Å².